The normalized spacial score (nSPS) is 15.0. The third-order valence-electron chi connectivity index (χ3n) is 5.23. The molecule has 0 amide bonds. The fourth-order valence-corrected chi connectivity index (χ4v) is 4.77. The predicted octanol–water partition coefficient (Wildman–Crippen LogP) is 5.37. The molecule has 34 heavy (non-hydrogen) atoms. The zero-order valence-electron chi connectivity index (χ0n) is 18.5. The lowest BCUT2D eigenvalue weighted by atomic mass is 9.94. The van der Waals surface area contributed by atoms with E-state index in [-0.39, 0.29) is 17.9 Å². The van der Waals surface area contributed by atoms with Crippen LogP contribution in [0.1, 0.15) is 37.4 Å². The maximum atomic E-state index is 13.0. The summed E-state index contributed by atoms with van der Waals surface area (Å²) in [5.74, 6) is 0.368. The van der Waals surface area contributed by atoms with E-state index in [0.717, 1.165) is 5.56 Å². The van der Waals surface area contributed by atoms with Gasteiger partial charge in [-0.05, 0) is 31.0 Å². The van der Waals surface area contributed by atoms with Crippen molar-refractivity contribution in [3.05, 3.63) is 86.1 Å². The Hall–Kier alpha value is -3.37. The second-order valence-electron chi connectivity index (χ2n) is 7.56. The minimum absolute atomic E-state index is 0.116. The van der Waals surface area contributed by atoms with Crippen LogP contribution >= 0.6 is 23.4 Å². The smallest absolute Gasteiger partial charge is 0.338 e. The number of allylic oxidation sites excluding steroid dienone is 1. The summed E-state index contributed by atoms with van der Waals surface area (Å²) >= 11 is 7.64. The average Bonchev–Trinajstić information content (AvgIpc) is 3.23. The third kappa shape index (κ3) is 4.78. The molecule has 2 aromatic carbocycles. The zero-order chi connectivity index (χ0) is 24.2. The summed E-state index contributed by atoms with van der Waals surface area (Å²) in [6.45, 7) is 3.85. The molecular weight excluding hydrogens is 478 g/mol. The Morgan fingerprint density at radius 3 is 2.74 bits per heavy atom. The van der Waals surface area contributed by atoms with Crippen LogP contribution in [-0.4, -0.2) is 32.3 Å². The lowest BCUT2D eigenvalue weighted by Crippen LogP contribution is -2.30. The largest absolute Gasteiger partial charge is 0.462 e. The van der Waals surface area contributed by atoms with E-state index in [2.05, 4.69) is 15.4 Å². The van der Waals surface area contributed by atoms with E-state index in [1.807, 2.05) is 31.2 Å². The minimum Gasteiger partial charge on any atom is -0.462 e. The molecule has 1 N–H and O–H groups in total. The lowest BCUT2D eigenvalue weighted by Gasteiger charge is -2.27. The van der Waals surface area contributed by atoms with Crippen LogP contribution in [-0.2, 0) is 15.3 Å². The number of nitrogens with zero attached hydrogens (tertiary/aromatic N) is 4. The van der Waals surface area contributed by atoms with Gasteiger partial charge in [-0.1, -0.05) is 60.6 Å². The maximum absolute atomic E-state index is 13.0. The molecule has 1 aromatic heterocycles. The predicted molar refractivity (Wildman–Crippen MR) is 130 cm³/mol. The molecule has 3 aromatic rings. The number of rotatable bonds is 8. The molecule has 0 spiro atoms. The van der Waals surface area contributed by atoms with Crippen LogP contribution in [0.15, 0.2) is 65.0 Å². The number of carbonyl (C=O) groups excluding carboxylic acids is 1. The third-order valence-corrected chi connectivity index (χ3v) is 6.49. The van der Waals surface area contributed by atoms with Gasteiger partial charge in [0.2, 0.25) is 11.1 Å². The van der Waals surface area contributed by atoms with Crippen LogP contribution in [0.5, 0.6) is 0 Å². The van der Waals surface area contributed by atoms with Crippen LogP contribution in [0.2, 0.25) is 5.02 Å². The number of nitro groups is 1. The topological polar surface area (TPSA) is 112 Å². The van der Waals surface area contributed by atoms with Crippen molar-refractivity contribution >= 4 is 41.0 Å². The van der Waals surface area contributed by atoms with Crippen molar-refractivity contribution in [2.45, 2.75) is 37.2 Å². The Bertz CT molecular complexity index is 1280. The second-order valence-corrected chi connectivity index (χ2v) is 8.91. The number of carbonyl (C=O) groups is 1. The van der Waals surface area contributed by atoms with Gasteiger partial charge in [0.25, 0.3) is 5.69 Å². The van der Waals surface area contributed by atoms with Gasteiger partial charge in [0, 0.05) is 22.5 Å². The van der Waals surface area contributed by atoms with E-state index in [0.29, 0.717) is 39.6 Å². The highest BCUT2D eigenvalue weighted by atomic mass is 35.5. The van der Waals surface area contributed by atoms with E-state index in [9.17, 15) is 14.9 Å². The van der Waals surface area contributed by atoms with Crippen molar-refractivity contribution in [1.29, 1.82) is 0 Å². The Morgan fingerprint density at radius 2 is 2.00 bits per heavy atom. The molecule has 9 nitrogen and oxygen atoms in total. The van der Waals surface area contributed by atoms with E-state index < -0.39 is 16.9 Å². The summed E-state index contributed by atoms with van der Waals surface area (Å²) in [6.07, 6.45) is 0.652. The van der Waals surface area contributed by atoms with Gasteiger partial charge < -0.3 is 10.1 Å². The fourth-order valence-electron chi connectivity index (χ4n) is 3.66. The second kappa shape index (κ2) is 10.3. The zero-order valence-corrected chi connectivity index (χ0v) is 20.1. The lowest BCUT2D eigenvalue weighted by molar-refractivity contribution is -0.385. The first kappa shape index (κ1) is 23.8. The molecule has 1 unspecified atom stereocenters. The molecule has 0 bridgehead atoms. The van der Waals surface area contributed by atoms with Crippen molar-refractivity contribution in [3.8, 4) is 0 Å². The number of esters is 1. The first-order valence-corrected chi connectivity index (χ1v) is 12.0. The monoisotopic (exact) mass is 499 g/mol. The molecule has 11 heteroatoms. The van der Waals surface area contributed by atoms with Gasteiger partial charge in [-0.3, -0.25) is 10.1 Å². The van der Waals surface area contributed by atoms with Crippen LogP contribution in [0.25, 0.3) is 0 Å². The molecular formula is C23H22ClN5O4S. The van der Waals surface area contributed by atoms with Crippen molar-refractivity contribution in [3.63, 3.8) is 0 Å². The highest BCUT2D eigenvalue weighted by Crippen LogP contribution is 2.40. The summed E-state index contributed by atoms with van der Waals surface area (Å²) < 4.78 is 6.91. The van der Waals surface area contributed by atoms with Gasteiger partial charge in [-0.25, -0.2) is 9.48 Å². The maximum Gasteiger partial charge on any atom is 0.338 e. The SMILES string of the molecule is CCCOC(=O)C1=C(C)Nc2nc(SCc3ccccc3Cl)nn2C1c1ccccc1[N+](=O)[O-]. The number of hydrogen-bond acceptors (Lipinski definition) is 8. The Morgan fingerprint density at radius 1 is 1.26 bits per heavy atom. The molecule has 1 aliphatic rings. The fraction of sp³-hybridized carbons (Fsp3) is 0.261. The average molecular weight is 500 g/mol. The van der Waals surface area contributed by atoms with E-state index >= 15 is 0 Å². The number of thioether (sulfide) groups is 1. The Labute approximate surface area is 205 Å². The Kier molecular flexibility index (Phi) is 7.18. The Balaban J connectivity index is 1.75. The number of hydrogen-bond donors (Lipinski definition) is 1. The summed E-state index contributed by atoms with van der Waals surface area (Å²) in [7, 11) is 0. The number of anilines is 1. The van der Waals surface area contributed by atoms with Gasteiger partial charge in [0.05, 0.1) is 22.7 Å². The van der Waals surface area contributed by atoms with E-state index in [1.54, 1.807) is 25.1 Å². The summed E-state index contributed by atoms with van der Waals surface area (Å²) in [5.41, 5.74) is 1.90. The number of nitrogens with one attached hydrogen (secondary N) is 1. The van der Waals surface area contributed by atoms with E-state index in [1.165, 1.54) is 22.5 Å². The minimum atomic E-state index is -0.871. The van der Waals surface area contributed by atoms with Crippen LogP contribution in [0, 0.1) is 10.1 Å². The molecule has 2 heterocycles. The summed E-state index contributed by atoms with van der Waals surface area (Å²) in [6, 6.07) is 12.9. The van der Waals surface area contributed by atoms with Crippen molar-refractivity contribution in [1.82, 2.24) is 14.8 Å². The number of para-hydroxylation sites is 1. The van der Waals surface area contributed by atoms with Gasteiger partial charge in [-0.15, -0.1) is 5.10 Å². The van der Waals surface area contributed by atoms with Gasteiger partial charge in [0.1, 0.15) is 6.04 Å². The van der Waals surface area contributed by atoms with Crippen molar-refractivity contribution in [2.24, 2.45) is 0 Å². The van der Waals surface area contributed by atoms with Crippen LogP contribution < -0.4 is 5.32 Å². The summed E-state index contributed by atoms with van der Waals surface area (Å²) in [5, 5.41) is 20.6. The molecule has 0 saturated heterocycles. The molecule has 1 aliphatic heterocycles. The van der Waals surface area contributed by atoms with Gasteiger partial charge in [-0.2, -0.15) is 4.98 Å². The molecule has 4 rings (SSSR count). The van der Waals surface area contributed by atoms with Gasteiger partial charge in [0.15, 0.2) is 0 Å². The van der Waals surface area contributed by atoms with E-state index in [4.69, 9.17) is 16.3 Å². The molecule has 0 radical (unpaired) electrons. The van der Waals surface area contributed by atoms with Gasteiger partial charge >= 0.3 is 5.97 Å². The highest BCUT2D eigenvalue weighted by Gasteiger charge is 2.38. The molecule has 176 valence electrons. The number of halogens is 1. The van der Waals surface area contributed by atoms with Crippen molar-refractivity contribution < 1.29 is 14.5 Å². The number of benzene rings is 2. The molecule has 1 atom stereocenters. The number of fused-ring (bicyclic) bond motifs is 1. The summed E-state index contributed by atoms with van der Waals surface area (Å²) in [4.78, 5) is 28.9. The van der Waals surface area contributed by atoms with Crippen LogP contribution in [0.3, 0.4) is 0 Å². The number of ether oxygens (including phenoxy) is 1. The number of aromatic nitrogens is 3. The molecule has 0 saturated carbocycles. The first-order chi connectivity index (χ1) is 16.4. The number of nitro benzene ring substituents is 1. The standard InChI is InChI=1S/C23H22ClN5O4S/c1-3-12-33-21(30)19-14(2)25-22-26-23(34-13-15-8-4-6-10-17(15)24)27-28(22)20(19)16-9-5-7-11-18(16)29(31)32/h4-11,20H,3,12-13H2,1-2H3,(H,25,26,27). The highest BCUT2D eigenvalue weighted by molar-refractivity contribution is 7.98. The molecule has 0 fully saturated rings. The van der Waals surface area contributed by atoms with Crippen molar-refractivity contribution in [2.75, 3.05) is 11.9 Å². The quantitative estimate of drug-likeness (QED) is 0.190. The van der Waals surface area contributed by atoms with Crippen LogP contribution in [0.4, 0.5) is 11.6 Å². The molecule has 0 aliphatic carbocycles. The first-order valence-electron chi connectivity index (χ1n) is 10.6.